The third-order valence-corrected chi connectivity index (χ3v) is 2.56. The highest BCUT2D eigenvalue weighted by Crippen LogP contribution is 2.16. The summed E-state index contributed by atoms with van der Waals surface area (Å²) in [5.74, 6) is 1.09. The van der Waals surface area contributed by atoms with Gasteiger partial charge in [0, 0.05) is 18.8 Å². The maximum atomic E-state index is 5.81. The van der Waals surface area contributed by atoms with Gasteiger partial charge in [-0.25, -0.2) is 4.99 Å². The van der Waals surface area contributed by atoms with Crippen LogP contribution in [0.4, 0.5) is 5.69 Å². The van der Waals surface area contributed by atoms with E-state index in [2.05, 4.69) is 20.6 Å². The van der Waals surface area contributed by atoms with E-state index in [1.807, 2.05) is 31.3 Å². The Hall–Kier alpha value is -1.84. The summed E-state index contributed by atoms with van der Waals surface area (Å²) in [6.45, 7) is 0.423. The zero-order chi connectivity index (χ0) is 13.7. The van der Waals surface area contributed by atoms with Gasteiger partial charge in [-0.05, 0) is 12.1 Å². The van der Waals surface area contributed by atoms with Crippen molar-refractivity contribution >= 4 is 35.6 Å². The van der Waals surface area contributed by atoms with Gasteiger partial charge in [0.25, 0.3) is 0 Å². The van der Waals surface area contributed by atoms with Crippen molar-refractivity contribution in [1.29, 1.82) is 0 Å². The van der Waals surface area contributed by atoms with Crippen molar-refractivity contribution in [3.8, 4) is 5.75 Å². The molecule has 8 heteroatoms. The van der Waals surface area contributed by atoms with Crippen LogP contribution in [0.1, 0.15) is 5.69 Å². The number of hydrogen-bond acceptors (Lipinski definition) is 4. The van der Waals surface area contributed by atoms with Crippen molar-refractivity contribution < 1.29 is 4.74 Å². The van der Waals surface area contributed by atoms with Crippen LogP contribution >= 0.6 is 24.0 Å². The Bertz CT molecular complexity index is 583. The lowest BCUT2D eigenvalue weighted by Crippen LogP contribution is -2.22. The molecule has 0 amide bonds. The minimum atomic E-state index is 0. The van der Waals surface area contributed by atoms with Gasteiger partial charge in [-0.15, -0.1) is 29.1 Å². The van der Waals surface area contributed by atoms with Crippen LogP contribution in [0.3, 0.4) is 0 Å². The van der Waals surface area contributed by atoms with E-state index in [-0.39, 0.29) is 24.0 Å². The lowest BCUT2D eigenvalue weighted by Gasteiger charge is -2.07. The predicted molar refractivity (Wildman–Crippen MR) is 88.4 cm³/mol. The van der Waals surface area contributed by atoms with E-state index in [0.717, 1.165) is 17.1 Å². The summed E-state index contributed by atoms with van der Waals surface area (Å²) in [4.78, 5) is 4.22. The number of aliphatic imine (C=N–C) groups is 1. The molecule has 1 aromatic heterocycles. The van der Waals surface area contributed by atoms with E-state index in [1.165, 1.54) is 0 Å². The van der Waals surface area contributed by atoms with Crippen LogP contribution in [-0.2, 0) is 13.6 Å². The Morgan fingerprint density at radius 1 is 1.50 bits per heavy atom. The Labute approximate surface area is 134 Å². The van der Waals surface area contributed by atoms with E-state index in [9.17, 15) is 0 Å². The van der Waals surface area contributed by atoms with Crippen LogP contribution in [0.25, 0.3) is 0 Å². The predicted octanol–water partition coefficient (Wildman–Crippen LogP) is 1.37. The summed E-state index contributed by atoms with van der Waals surface area (Å²) in [7, 11) is 3.43. The Kier molecular flexibility index (Phi) is 6.22. The van der Waals surface area contributed by atoms with Crippen molar-refractivity contribution in [2.24, 2.45) is 17.8 Å². The first kappa shape index (κ1) is 16.2. The lowest BCUT2D eigenvalue weighted by atomic mass is 10.3. The quantitative estimate of drug-likeness (QED) is 0.469. The number of aryl methyl sites for hydroxylation is 1. The molecule has 2 aromatic rings. The number of anilines is 1. The number of nitrogens with two attached hydrogens (primary N) is 1. The number of nitrogens with one attached hydrogen (secondary N) is 1. The average molecular weight is 388 g/mol. The van der Waals surface area contributed by atoms with Crippen molar-refractivity contribution in [3.63, 3.8) is 0 Å². The zero-order valence-corrected chi connectivity index (χ0v) is 13.6. The van der Waals surface area contributed by atoms with Gasteiger partial charge in [0.2, 0.25) is 0 Å². The molecule has 0 atom stereocenters. The number of hydrogen-bond donors (Lipinski definition) is 2. The molecule has 7 nitrogen and oxygen atoms in total. The minimum Gasteiger partial charge on any atom is -0.497 e. The van der Waals surface area contributed by atoms with Gasteiger partial charge in [-0.1, -0.05) is 11.3 Å². The van der Waals surface area contributed by atoms with Crippen LogP contribution in [0.5, 0.6) is 5.75 Å². The van der Waals surface area contributed by atoms with Gasteiger partial charge in [0.1, 0.15) is 5.75 Å². The Morgan fingerprint density at radius 3 is 2.95 bits per heavy atom. The maximum absolute atomic E-state index is 5.81. The largest absolute Gasteiger partial charge is 0.497 e. The molecule has 0 saturated heterocycles. The highest BCUT2D eigenvalue weighted by Gasteiger charge is 2.00. The SMILES string of the molecule is COc1cccc(NC(N)=NCc2cnnn2C)c1.I. The van der Waals surface area contributed by atoms with Gasteiger partial charge < -0.3 is 15.8 Å². The monoisotopic (exact) mass is 388 g/mol. The molecule has 20 heavy (non-hydrogen) atoms. The summed E-state index contributed by atoms with van der Waals surface area (Å²) in [5, 5.41) is 10.6. The molecule has 0 aliphatic carbocycles. The molecule has 108 valence electrons. The van der Waals surface area contributed by atoms with Crippen molar-refractivity contribution in [1.82, 2.24) is 15.0 Å². The van der Waals surface area contributed by atoms with Crippen LogP contribution in [-0.4, -0.2) is 28.1 Å². The maximum Gasteiger partial charge on any atom is 0.193 e. The lowest BCUT2D eigenvalue weighted by molar-refractivity contribution is 0.415. The molecule has 0 spiro atoms. The number of aromatic nitrogens is 3. The summed E-state index contributed by atoms with van der Waals surface area (Å²) in [6, 6.07) is 7.46. The summed E-state index contributed by atoms with van der Waals surface area (Å²) in [5.41, 5.74) is 7.52. The van der Waals surface area contributed by atoms with E-state index in [1.54, 1.807) is 18.0 Å². The molecule has 1 heterocycles. The third-order valence-electron chi connectivity index (χ3n) is 2.56. The van der Waals surface area contributed by atoms with E-state index in [4.69, 9.17) is 10.5 Å². The Balaban J connectivity index is 0.00000200. The highest BCUT2D eigenvalue weighted by atomic mass is 127. The number of benzene rings is 1. The molecule has 3 N–H and O–H groups in total. The number of methoxy groups -OCH3 is 1. The molecule has 1 aromatic carbocycles. The number of ether oxygens (including phenoxy) is 1. The topological polar surface area (TPSA) is 90.3 Å². The number of halogens is 1. The van der Waals surface area contributed by atoms with Crippen LogP contribution in [0, 0.1) is 0 Å². The fourth-order valence-electron chi connectivity index (χ4n) is 1.51. The summed E-state index contributed by atoms with van der Waals surface area (Å²) < 4.78 is 6.79. The molecule has 0 radical (unpaired) electrons. The highest BCUT2D eigenvalue weighted by molar-refractivity contribution is 14.0. The third kappa shape index (κ3) is 4.37. The second-order valence-corrected chi connectivity index (χ2v) is 3.91. The molecule has 0 fully saturated rings. The standard InChI is InChI=1S/C12H16N6O.HI/c1-18-10(8-15-17-18)7-14-12(13)16-9-4-3-5-11(6-9)19-2;/h3-6,8H,7H2,1-2H3,(H3,13,14,16);1H. The van der Waals surface area contributed by atoms with Gasteiger partial charge in [-0.2, -0.15) is 0 Å². The average Bonchev–Trinajstić information content (AvgIpc) is 2.82. The number of nitrogens with zero attached hydrogens (tertiary/aromatic N) is 4. The Morgan fingerprint density at radius 2 is 2.30 bits per heavy atom. The molecular formula is C12H17IN6O. The van der Waals surface area contributed by atoms with Gasteiger partial charge in [0.05, 0.1) is 25.5 Å². The fourth-order valence-corrected chi connectivity index (χ4v) is 1.51. The normalized spacial score (nSPS) is 10.8. The number of rotatable bonds is 4. The van der Waals surface area contributed by atoms with Crippen molar-refractivity contribution in [2.75, 3.05) is 12.4 Å². The van der Waals surface area contributed by atoms with Crippen molar-refractivity contribution in [2.45, 2.75) is 6.54 Å². The zero-order valence-electron chi connectivity index (χ0n) is 11.3. The van der Waals surface area contributed by atoms with E-state index < -0.39 is 0 Å². The molecule has 0 aliphatic heterocycles. The molecule has 2 rings (SSSR count). The number of guanidine groups is 1. The van der Waals surface area contributed by atoms with Crippen LogP contribution in [0.2, 0.25) is 0 Å². The smallest absolute Gasteiger partial charge is 0.193 e. The second-order valence-electron chi connectivity index (χ2n) is 3.91. The molecule has 0 aliphatic rings. The minimum absolute atomic E-state index is 0. The summed E-state index contributed by atoms with van der Waals surface area (Å²) in [6.07, 6.45) is 1.66. The van der Waals surface area contributed by atoms with Crippen LogP contribution in [0.15, 0.2) is 35.5 Å². The van der Waals surface area contributed by atoms with Crippen LogP contribution < -0.4 is 15.8 Å². The first-order chi connectivity index (χ1) is 9.19. The molecular weight excluding hydrogens is 371 g/mol. The van der Waals surface area contributed by atoms with E-state index >= 15 is 0 Å². The van der Waals surface area contributed by atoms with Gasteiger partial charge >= 0.3 is 0 Å². The second kappa shape index (κ2) is 7.68. The molecule has 0 saturated carbocycles. The summed E-state index contributed by atoms with van der Waals surface area (Å²) >= 11 is 0. The first-order valence-corrected chi connectivity index (χ1v) is 5.73. The van der Waals surface area contributed by atoms with Gasteiger partial charge in [-0.3, -0.25) is 4.68 Å². The van der Waals surface area contributed by atoms with Gasteiger partial charge in [0.15, 0.2) is 5.96 Å². The van der Waals surface area contributed by atoms with E-state index in [0.29, 0.717) is 12.5 Å². The molecule has 0 bridgehead atoms. The first-order valence-electron chi connectivity index (χ1n) is 5.73. The molecule has 0 unspecified atom stereocenters. The van der Waals surface area contributed by atoms with Crippen molar-refractivity contribution in [3.05, 3.63) is 36.2 Å². The fraction of sp³-hybridized carbons (Fsp3) is 0.250.